The van der Waals surface area contributed by atoms with Crippen molar-refractivity contribution in [2.75, 3.05) is 12.1 Å². The number of aromatic nitrogens is 4. The molecule has 12 heteroatoms. The Morgan fingerprint density at radius 1 is 1.18 bits per heavy atom. The van der Waals surface area contributed by atoms with E-state index in [2.05, 4.69) is 25.8 Å². The van der Waals surface area contributed by atoms with Crippen LogP contribution >= 0.6 is 23.1 Å². The van der Waals surface area contributed by atoms with E-state index in [1.54, 1.807) is 36.7 Å². The minimum absolute atomic E-state index is 0.0503. The van der Waals surface area contributed by atoms with Crippen molar-refractivity contribution in [3.8, 4) is 11.5 Å². The summed E-state index contributed by atoms with van der Waals surface area (Å²) in [5.41, 5.74) is 0.467. The highest BCUT2D eigenvalue weighted by Gasteiger charge is 2.27. The van der Waals surface area contributed by atoms with Crippen molar-refractivity contribution in [1.29, 1.82) is 0 Å². The van der Waals surface area contributed by atoms with Crippen LogP contribution in [0.4, 0.5) is 5.13 Å². The molecule has 3 aromatic rings. The molecule has 0 saturated carbocycles. The second kappa shape index (κ2) is 9.79. The van der Waals surface area contributed by atoms with E-state index in [4.69, 9.17) is 9.47 Å². The number of thioether (sulfide) groups is 1. The fourth-order valence-electron chi connectivity index (χ4n) is 3.20. The summed E-state index contributed by atoms with van der Waals surface area (Å²) in [4.78, 5) is 29.5. The summed E-state index contributed by atoms with van der Waals surface area (Å²) in [6, 6.07) is 4.70. The summed E-state index contributed by atoms with van der Waals surface area (Å²) in [5.74, 6) is 1.40. The summed E-state index contributed by atoms with van der Waals surface area (Å²) in [6.07, 6.45) is 1.64. The summed E-state index contributed by atoms with van der Waals surface area (Å²) in [7, 11) is 1.82. The molecule has 0 aliphatic carbocycles. The molecule has 1 aliphatic rings. The summed E-state index contributed by atoms with van der Waals surface area (Å²) in [6.45, 7) is 5.93. The standard InChI is InChI=1S/C21H24N6O4S2/c1-11(2)16(23-19(29)13-5-6-14-15(9-13)31-10-30-14)17-25-26-21(27(17)4)33-12(3)18(28)24-20-22-7-8-32-20/h5-9,11-12,16H,10H2,1-4H3,(H,23,29)(H,22,24,28)/t12?,16-/m1/s1. The number of amides is 2. The Kier molecular flexibility index (Phi) is 6.84. The van der Waals surface area contributed by atoms with Crippen molar-refractivity contribution in [2.45, 2.75) is 37.2 Å². The van der Waals surface area contributed by atoms with Gasteiger partial charge in [0.05, 0.1) is 11.3 Å². The molecule has 0 saturated heterocycles. The highest BCUT2D eigenvalue weighted by atomic mass is 32.2. The number of hydrogen-bond donors (Lipinski definition) is 2. The number of carbonyl (C=O) groups is 2. The van der Waals surface area contributed by atoms with E-state index in [-0.39, 0.29) is 30.6 Å². The molecular weight excluding hydrogens is 464 g/mol. The lowest BCUT2D eigenvalue weighted by Crippen LogP contribution is -2.33. The van der Waals surface area contributed by atoms with Crippen molar-refractivity contribution in [2.24, 2.45) is 13.0 Å². The SMILES string of the molecule is CC(Sc1nnc([C@H](NC(=O)c2ccc3c(c2)OCO3)C(C)C)n1C)C(=O)Nc1nccs1. The molecule has 0 radical (unpaired) electrons. The van der Waals surface area contributed by atoms with E-state index in [0.717, 1.165) is 0 Å². The van der Waals surface area contributed by atoms with E-state index in [1.807, 2.05) is 25.5 Å². The number of fused-ring (bicyclic) bond motifs is 1. The third-order valence-corrected chi connectivity index (χ3v) is 6.87. The number of ether oxygens (including phenoxy) is 2. The Morgan fingerprint density at radius 3 is 2.70 bits per heavy atom. The first kappa shape index (κ1) is 23.1. The van der Waals surface area contributed by atoms with Crippen molar-refractivity contribution in [1.82, 2.24) is 25.1 Å². The quantitative estimate of drug-likeness (QED) is 0.464. The molecule has 1 aliphatic heterocycles. The average Bonchev–Trinajstić information content (AvgIpc) is 3.54. The molecule has 4 rings (SSSR count). The first-order valence-electron chi connectivity index (χ1n) is 10.3. The van der Waals surface area contributed by atoms with Gasteiger partial charge < -0.3 is 24.7 Å². The van der Waals surface area contributed by atoms with Gasteiger partial charge in [-0.25, -0.2) is 4.98 Å². The number of thiazole rings is 1. The molecule has 33 heavy (non-hydrogen) atoms. The van der Waals surface area contributed by atoms with Gasteiger partial charge in [-0.15, -0.1) is 21.5 Å². The van der Waals surface area contributed by atoms with Crippen LogP contribution in [0, 0.1) is 5.92 Å². The van der Waals surface area contributed by atoms with Crippen LogP contribution in [-0.2, 0) is 11.8 Å². The van der Waals surface area contributed by atoms with E-state index in [1.165, 1.54) is 23.1 Å². The molecular formula is C21H24N6O4S2. The fourth-order valence-corrected chi connectivity index (χ4v) is 4.55. The molecule has 174 valence electrons. The van der Waals surface area contributed by atoms with Crippen LogP contribution in [-0.4, -0.2) is 43.6 Å². The molecule has 2 atom stereocenters. The fraction of sp³-hybridized carbons (Fsp3) is 0.381. The van der Waals surface area contributed by atoms with Gasteiger partial charge in [-0.1, -0.05) is 25.6 Å². The molecule has 2 amide bonds. The second-order valence-electron chi connectivity index (χ2n) is 7.75. The highest BCUT2D eigenvalue weighted by molar-refractivity contribution is 8.00. The second-order valence-corrected chi connectivity index (χ2v) is 9.95. The van der Waals surface area contributed by atoms with Crippen LogP contribution in [0.5, 0.6) is 11.5 Å². The molecule has 1 aromatic carbocycles. The van der Waals surface area contributed by atoms with E-state index in [9.17, 15) is 9.59 Å². The predicted octanol–water partition coefficient (Wildman–Crippen LogP) is 3.25. The molecule has 0 bridgehead atoms. The van der Waals surface area contributed by atoms with Crippen molar-refractivity contribution in [3.05, 3.63) is 41.2 Å². The zero-order chi connectivity index (χ0) is 23.5. The molecule has 2 aromatic heterocycles. The lowest BCUT2D eigenvalue weighted by atomic mass is 10.0. The molecule has 2 N–H and O–H groups in total. The number of anilines is 1. The molecule has 0 fully saturated rings. The summed E-state index contributed by atoms with van der Waals surface area (Å²) in [5, 5.41) is 16.9. The number of nitrogens with one attached hydrogen (secondary N) is 2. The average molecular weight is 489 g/mol. The largest absolute Gasteiger partial charge is 0.454 e. The van der Waals surface area contributed by atoms with Gasteiger partial charge in [0, 0.05) is 24.2 Å². The molecule has 10 nitrogen and oxygen atoms in total. The topological polar surface area (TPSA) is 120 Å². The number of benzene rings is 1. The maximum absolute atomic E-state index is 12.9. The van der Waals surface area contributed by atoms with Gasteiger partial charge in [0.15, 0.2) is 27.6 Å². The first-order chi connectivity index (χ1) is 15.8. The Balaban J connectivity index is 1.46. The first-order valence-corrected chi connectivity index (χ1v) is 12.1. The van der Waals surface area contributed by atoms with Crippen LogP contribution < -0.4 is 20.1 Å². The third-order valence-electron chi connectivity index (χ3n) is 5.05. The normalized spacial score (nSPS) is 14.2. The van der Waals surface area contributed by atoms with E-state index in [0.29, 0.717) is 33.2 Å². The lowest BCUT2D eigenvalue weighted by Gasteiger charge is -2.22. The Morgan fingerprint density at radius 2 is 1.97 bits per heavy atom. The van der Waals surface area contributed by atoms with Gasteiger partial charge in [0.25, 0.3) is 5.91 Å². The van der Waals surface area contributed by atoms with Gasteiger partial charge in [-0.3, -0.25) is 9.59 Å². The summed E-state index contributed by atoms with van der Waals surface area (Å²) >= 11 is 2.65. The van der Waals surface area contributed by atoms with Gasteiger partial charge in [-0.2, -0.15) is 0 Å². The monoisotopic (exact) mass is 488 g/mol. The van der Waals surface area contributed by atoms with Crippen molar-refractivity contribution < 1.29 is 19.1 Å². The van der Waals surface area contributed by atoms with Gasteiger partial charge in [0.1, 0.15) is 0 Å². The maximum Gasteiger partial charge on any atom is 0.252 e. The summed E-state index contributed by atoms with van der Waals surface area (Å²) < 4.78 is 12.5. The highest BCUT2D eigenvalue weighted by Crippen LogP contribution is 2.33. The maximum atomic E-state index is 12.9. The Labute approximate surface area is 199 Å². The minimum Gasteiger partial charge on any atom is -0.454 e. The van der Waals surface area contributed by atoms with E-state index < -0.39 is 5.25 Å². The number of carbonyl (C=O) groups excluding carboxylic acids is 2. The van der Waals surface area contributed by atoms with Gasteiger partial charge >= 0.3 is 0 Å². The smallest absolute Gasteiger partial charge is 0.252 e. The minimum atomic E-state index is -0.412. The molecule has 1 unspecified atom stereocenters. The lowest BCUT2D eigenvalue weighted by molar-refractivity contribution is -0.115. The van der Waals surface area contributed by atoms with Crippen molar-refractivity contribution in [3.63, 3.8) is 0 Å². The van der Waals surface area contributed by atoms with Crippen LogP contribution in [0.2, 0.25) is 0 Å². The molecule has 3 heterocycles. The van der Waals surface area contributed by atoms with Crippen LogP contribution in [0.25, 0.3) is 0 Å². The van der Waals surface area contributed by atoms with Crippen LogP contribution in [0.15, 0.2) is 34.9 Å². The van der Waals surface area contributed by atoms with Crippen LogP contribution in [0.3, 0.4) is 0 Å². The Hall–Kier alpha value is -3.12. The van der Waals surface area contributed by atoms with Gasteiger partial charge in [-0.05, 0) is 31.0 Å². The third kappa shape index (κ3) is 5.11. The van der Waals surface area contributed by atoms with Crippen LogP contribution in [0.1, 0.15) is 43.0 Å². The molecule has 0 spiro atoms. The predicted molar refractivity (Wildman–Crippen MR) is 125 cm³/mol. The number of nitrogens with zero attached hydrogens (tertiary/aromatic N) is 4. The zero-order valence-corrected chi connectivity index (χ0v) is 20.2. The van der Waals surface area contributed by atoms with E-state index >= 15 is 0 Å². The van der Waals surface area contributed by atoms with Gasteiger partial charge in [0.2, 0.25) is 12.7 Å². The Bertz CT molecular complexity index is 1150. The zero-order valence-electron chi connectivity index (χ0n) is 18.6. The number of hydrogen-bond acceptors (Lipinski definition) is 9. The van der Waals surface area contributed by atoms with Crippen molar-refractivity contribution >= 4 is 40.0 Å². The number of rotatable bonds is 8.